The number of nitrogens with zero attached hydrogens (tertiary/aromatic N) is 1. The second kappa shape index (κ2) is 5.01. The van der Waals surface area contributed by atoms with Crippen LogP contribution in [0.4, 0.5) is 0 Å². The van der Waals surface area contributed by atoms with Crippen LogP contribution in [0.2, 0.25) is 5.15 Å². The van der Waals surface area contributed by atoms with E-state index in [9.17, 15) is 0 Å². The van der Waals surface area contributed by atoms with Gasteiger partial charge in [0.15, 0.2) is 5.15 Å². The Kier molecular flexibility index (Phi) is 4.23. The predicted molar refractivity (Wildman–Crippen MR) is 62.6 cm³/mol. The Hall–Kier alpha value is -0.250. The van der Waals surface area contributed by atoms with Gasteiger partial charge in [-0.05, 0) is 19.9 Å². The normalized spacial score (nSPS) is 14.2. The van der Waals surface area contributed by atoms with Crippen LogP contribution in [0.15, 0.2) is 5.57 Å². The minimum atomic E-state index is -0.000776. The number of aromatic nitrogens is 1. The van der Waals surface area contributed by atoms with Crippen molar-refractivity contribution in [3.63, 3.8) is 0 Å². The van der Waals surface area contributed by atoms with E-state index in [2.05, 4.69) is 4.98 Å². The molecule has 1 rings (SSSR count). The number of ether oxygens (including phenoxy) is 1. The minimum Gasteiger partial charge on any atom is -0.473 e. The quantitative estimate of drug-likeness (QED) is 0.762. The number of hydrogen-bond donors (Lipinski definition) is 0. The average Bonchev–Trinajstić information content (AvgIpc) is 2.47. The molecule has 14 heavy (non-hydrogen) atoms. The summed E-state index contributed by atoms with van der Waals surface area (Å²) < 4.78 is 4.98. The number of allylic oxidation sites excluding steroid dienone is 1. The Bertz CT molecular complexity index is 347. The third kappa shape index (κ3) is 2.87. The third-order valence-corrected chi connectivity index (χ3v) is 3.46. The van der Waals surface area contributed by atoms with Crippen LogP contribution in [-0.2, 0) is 0 Å². The highest BCUT2D eigenvalue weighted by Gasteiger charge is 2.08. The lowest BCUT2D eigenvalue weighted by Gasteiger charge is -2.00. The van der Waals surface area contributed by atoms with Gasteiger partial charge < -0.3 is 4.74 Å². The van der Waals surface area contributed by atoms with Gasteiger partial charge in [0.1, 0.15) is 0 Å². The summed E-state index contributed by atoms with van der Waals surface area (Å²) in [6.45, 7) is 3.87. The second-order valence-corrected chi connectivity index (χ2v) is 4.85. The molecule has 0 N–H and O–H groups in total. The van der Waals surface area contributed by atoms with Gasteiger partial charge >= 0.3 is 0 Å². The summed E-state index contributed by atoms with van der Waals surface area (Å²) in [7, 11) is 1.57. The molecule has 1 atom stereocenters. The maximum absolute atomic E-state index is 5.91. The lowest BCUT2D eigenvalue weighted by Crippen LogP contribution is -1.90. The molecule has 0 spiro atoms. The third-order valence-electron chi connectivity index (χ3n) is 1.75. The molecular weight excluding hydrogens is 241 g/mol. The number of methoxy groups -OCH3 is 1. The van der Waals surface area contributed by atoms with Crippen LogP contribution in [0.1, 0.15) is 18.7 Å². The van der Waals surface area contributed by atoms with E-state index in [1.807, 2.05) is 19.9 Å². The molecule has 0 bridgehead atoms. The average molecular weight is 252 g/mol. The Morgan fingerprint density at radius 1 is 1.64 bits per heavy atom. The van der Waals surface area contributed by atoms with Crippen molar-refractivity contribution in [2.75, 3.05) is 7.11 Å². The monoisotopic (exact) mass is 251 g/mol. The Morgan fingerprint density at radius 3 is 2.71 bits per heavy atom. The van der Waals surface area contributed by atoms with Crippen LogP contribution in [-0.4, -0.2) is 17.5 Å². The molecule has 1 aromatic heterocycles. The van der Waals surface area contributed by atoms with Crippen molar-refractivity contribution < 1.29 is 4.74 Å². The summed E-state index contributed by atoms with van der Waals surface area (Å²) in [5.74, 6) is 0. The van der Waals surface area contributed by atoms with Crippen LogP contribution < -0.4 is 4.74 Å². The van der Waals surface area contributed by atoms with Crippen LogP contribution in [0.5, 0.6) is 5.19 Å². The summed E-state index contributed by atoms with van der Waals surface area (Å²) in [4.78, 5) is 4.90. The standard InChI is InChI=1S/C9H11Cl2NOS/c1-5(6(2)10)4-7-8(11)12-9(13-3)14-7/h4,6H,1-3H3/b5-4-. The Balaban J connectivity index is 2.96. The molecule has 0 aliphatic rings. The number of alkyl halides is 1. The minimum absolute atomic E-state index is 0.000776. The first-order chi connectivity index (χ1) is 6.54. The maximum Gasteiger partial charge on any atom is 0.274 e. The number of halogens is 2. The van der Waals surface area contributed by atoms with E-state index < -0.39 is 0 Å². The molecule has 0 aromatic carbocycles. The summed E-state index contributed by atoms with van der Waals surface area (Å²) in [6, 6.07) is 0. The molecule has 0 aliphatic heterocycles. The van der Waals surface area contributed by atoms with Crippen molar-refractivity contribution in [2.24, 2.45) is 0 Å². The lowest BCUT2D eigenvalue weighted by molar-refractivity contribution is 0.412. The van der Waals surface area contributed by atoms with Gasteiger partial charge in [-0.1, -0.05) is 28.5 Å². The first-order valence-electron chi connectivity index (χ1n) is 4.07. The van der Waals surface area contributed by atoms with E-state index in [4.69, 9.17) is 27.9 Å². The summed E-state index contributed by atoms with van der Waals surface area (Å²) in [5.41, 5.74) is 1.06. The molecule has 0 radical (unpaired) electrons. The Labute approximate surface area is 97.5 Å². The van der Waals surface area contributed by atoms with Gasteiger partial charge in [-0.3, -0.25) is 0 Å². The molecule has 1 unspecified atom stereocenters. The van der Waals surface area contributed by atoms with Gasteiger partial charge in [0.25, 0.3) is 5.19 Å². The molecule has 0 amide bonds. The summed E-state index contributed by atoms with van der Waals surface area (Å²) in [6.07, 6.45) is 1.93. The van der Waals surface area contributed by atoms with Gasteiger partial charge in [-0.25, -0.2) is 0 Å². The van der Waals surface area contributed by atoms with Crippen molar-refractivity contribution in [2.45, 2.75) is 19.2 Å². The lowest BCUT2D eigenvalue weighted by atomic mass is 10.2. The van der Waals surface area contributed by atoms with E-state index in [0.717, 1.165) is 10.5 Å². The van der Waals surface area contributed by atoms with Gasteiger partial charge in [0.05, 0.1) is 17.4 Å². The SMILES string of the molecule is COc1nc(Cl)c(/C=C(/C)C(C)Cl)s1. The highest BCUT2D eigenvalue weighted by molar-refractivity contribution is 7.14. The van der Waals surface area contributed by atoms with E-state index >= 15 is 0 Å². The first-order valence-corrected chi connectivity index (χ1v) is 5.70. The fraction of sp³-hybridized carbons (Fsp3) is 0.444. The van der Waals surface area contributed by atoms with Crippen molar-refractivity contribution >= 4 is 40.6 Å². The van der Waals surface area contributed by atoms with E-state index in [1.165, 1.54) is 11.3 Å². The highest BCUT2D eigenvalue weighted by atomic mass is 35.5. The van der Waals surface area contributed by atoms with Crippen molar-refractivity contribution in [3.05, 3.63) is 15.6 Å². The fourth-order valence-electron chi connectivity index (χ4n) is 0.792. The van der Waals surface area contributed by atoms with Crippen molar-refractivity contribution in [3.8, 4) is 5.19 Å². The van der Waals surface area contributed by atoms with Gasteiger partial charge in [0.2, 0.25) is 0 Å². The van der Waals surface area contributed by atoms with Gasteiger partial charge in [-0.2, -0.15) is 4.98 Å². The second-order valence-electron chi connectivity index (χ2n) is 2.84. The fourth-order valence-corrected chi connectivity index (χ4v) is 1.94. The Morgan fingerprint density at radius 2 is 2.29 bits per heavy atom. The van der Waals surface area contributed by atoms with E-state index in [1.54, 1.807) is 7.11 Å². The molecule has 1 aromatic rings. The first kappa shape index (κ1) is 11.8. The molecule has 0 saturated carbocycles. The molecular formula is C9H11Cl2NOS. The van der Waals surface area contributed by atoms with Crippen LogP contribution in [0.3, 0.4) is 0 Å². The molecule has 0 aliphatic carbocycles. The zero-order chi connectivity index (χ0) is 10.7. The molecule has 5 heteroatoms. The van der Waals surface area contributed by atoms with E-state index in [0.29, 0.717) is 10.3 Å². The summed E-state index contributed by atoms with van der Waals surface area (Å²) in [5, 5.41) is 1.03. The number of rotatable bonds is 3. The molecule has 78 valence electrons. The van der Waals surface area contributed by atoms with Gasteiger partial charge in [0, 0.05) is 0 Å². The maximum atomic E-state index is 5.91. The molecule has 0 saturated heterocycles. The van der Waals surface area contributed by atoms with Crippen molar-refractivity contribution in [1.29, 1.82) is 0 Å². The topological polar surface area (TPSA) is 22.1 Å². The zero-order valence-corrected chi connectivity index (χ0v) is 10.5. The summed E-state index contributed by atoms with van der Waals surface area (Å²) >= 11 is 13.2. The van der Waals surface area contributed by atoms with Crippen LogP contribution in [0, 0.1) is 0 Å². The van der Waals surface area contributed by atoms with E-state index in [-0.39, 0.29) is 5.38 Å². The van der Waals surface area contributed by atoms with Gasteiger partial charge in [-0.15, -0.1) is 11.6 Å². The smallest absolute Gasteiger partial charge is 0.274 e. The van der Waals surface area contributed by atoms with Crippen LogP contribution >= 0.6 is 34.5 Å². The zero-order valence-electron chi connectivity index (χ0n) is 8.17. The molecule has 0 fully saturated rings. The van der Waals surface area contributed by atoms with Crippen molar-refractivity contribution in [1.82, 2.24) is 4.98 Å². The number of hydrogen-bond acceptors (Lipinski definition) is 3. The number of thiazole rings is 1. The molecule has 1 heterocycles. The largest absolute Gasteiger partial charge is 0.473 e. The molecule has 2 nitrogen and oxygen atoms in total. The highest BCUT2D eigenvalue weighted by Crippen LogP contribution is 2.30. The predicted octanol–water partition coefficient (Wildman–Crippen LogP) is 3.84. The van der Waals surface area contributed by atoms with Crippen LogP contribution in [0.25, 0.3) is 6.08 Å².